The summed E-state index contributed by atoms with van der Waals surface area (Å²) in [6, 6.07) is 10.5. The number of terminal acetylenes is 1. The first-order chi connectivity index (χ1) is 17.1. The number of anilines is 1. The normalized spacial score (nSPS) is 18.0. The number of hydrogen-bond acceptors (Lipinski definition) is 5. The summed E-state index contributed by atoms with van der Waals surface area (Å²) in [7, 11) is 7.88. The number of likely N-dealkylation sites (N-methyl/N-ethyl adjacent to an activating group) is 1. The van der Waals surface area contributed by atoms with Gasteiger partial charge in [-0.25, -0.2) is 4.79 Å². The molecule has 0 fully saturated rings. The molecule has 36 heavy (non-hydrogen) atoms. The fraction of sp³-hybridized carbons (Fsp3) is 0.241. The zero-order chi connectivity index (χ0) is 26.2. The molecule has 2 N–H and O–H groups in total. The number of benzene rings is 2. The molecule has 2 aromatic rings. The number of allylic oxidation sites excluding steroid dienone is 1. The Kier molecular flexibility index (Phi) is 6.49. The maximum Gasteiger partial charge on any atom is 0.336 e. The summed E-state index contributed by atoms with van der Waals surface area (Å²) >= 11 is 0. The molecule has 2 aliphatic rings. The predicted molar refractivity (Wildman–Crippen MR) is 141 cm³/mol. The van der Waals surface area contributed by atoms with Crippen LogP contribution in [0.25, 0.3) is 5.57 Å². The molecule has 7 nitrogen and oxygen atoms in total. The van der Waals surface area contributed by atoms with Crippen molar-refractivity contribution in [3.63, 3.8) is 0 Å². The molecule has 0 spiro atoms. The van der Waals surface area contributed by atoms with Gasteiger partial charge in [0.2, 0.25) is 0 Å². The van der Waals surface area contributed by atoms with Crippen molar-refractivity contribution in [1.82, 2.24) is 10.2 Å². The number of fused-ring (bicyclic) bond motifs is 2. The van der Waals surface area contributed by atoms with E-state index in [1.807, 2.05) is 63.4 Å². The van der Waals surface area contributed by atoms with Crippen LogP contribution in [0, 0.1) is 12.3 Å². The van der Waals surface area contributed by atoms with E-state index in [4.69, 9.17) is 11.2 Å². The van der Waals surface area contributed by atoms with Crippen LogP contribution < -0.4 is 15.0 Å². The van der Waals surface area contributed by atoms with E-state index >= 15 is 0 Å². The second-order valence-electron chi connectivity index (χ2n) is 9.38. The van der Waals surface area contributed by atoms with Crippen molar-refractivity contribution < 1.29 is 19.4 Å². The number of carbonyl (C=O) groups excluding carboxylic acids is 1. The SMILES string of the molecule is C#CCNC(=O)c1ccc(C2=C3C=CC(C)(N(C)C)C=C3Oc3cc(N(C)C)ccc32)c(C(=O)O)c1. The fourth-order valence-corrected chi connectivity index (χ4v) is 4.24. The van der Waals surface area contributed by atoms with Gasteiger partial charge in [0.25, 0.3) is 5.91 Å². The Balaban J connectivity index is 1.96. The average Bonchev–Trinajstić information content (AvgIpc) is 2.84. The molecule has 184 valence electrons. The zero-order valence-corrected chi connectivity index (χ0v) is 21.0. The van der Waals surface area contributed by atoms with Crippen molar-refractivity contribution in [3.05, 3.63) is 88.2 Å². The maximum atomic E-state index is 12.5. The number of nitrogens with one attached hydrogen (secondary N) is 1. The number of hydrogen-bond donors (Lipinski definition) is 2. The minimum atomic E-state index is -1.13. The van der Waals surface area contributed by atoms with Crippen molar-refractivity contribution in [2.24, 2.45) is 0 Å². The molecule has 1 aliphatic carbocycles. The number of carboxylic acids is 1. The summed E-state index contributed by atoms with van der Waals surface area (Å²) in [5, 5.41) is 12.7. The lowest BCUT2D eigenvalue weighted by Crippen LogP contribution is -2.39. The molecule has 7 heteroatoms. The summed E-state index contributed by atoms with van der Waals surface area (Å²) in [6.07, 6.45) is 11.3. The lowest BCUT2D eigenvalue weighted by molar-refractivity contribution is 0.0696. The Morgan fingerprint density at radius 2 is 1.83 bits per heavy atom. The molecule has 0 radical (unpaired) electrons. The Morgan fingerprint density at radius 3 is 2.47 bits per heavy atom. The highest BCUT2D eigenvalue weighted by atomic mass is 16.5. The highest BCUT2D eigenvalue weighted by molar-refractivity contribution is 6.03. The number of amides is 1. The molecule has 1 atom stereocenters. The summed E-state index contributed by atoms with van der Waals surface area (Å²) in [4.78, 5) is 28.9. The van der Waals surface area contributed by atoms with E-state index in [0.717, 1.165) is 22.4 Å². The predicted octanol–water partition coefficient (Wildman–Crippen LogP) is 3.78. The van der Waals surface area contributed by atoms with Gasteiger partial charge in [0, 0.05) is 48.1 Å². The van der Waals surface area contributed by atoms with Crippen LogP contribution in [0.5, 0.6) is 5.75 Å². The van der Waals surface area contributed by atoms with Crippen LogP contribution in [-0.4, -0.2) is 62.2 Å². The van der Waals surface area contributed by atoms with Gasteiger partial charge in [-0.3, -0.25) is 9.69 Å². The van der Waals surface area contributed by atoms with Crippen LogP contribution in [0.1, 0.15) is 38.8 Å². The third-order valence-corrected chi connectivity index (χ3v) is 6.61. The molecule has 0 saturated heterocycles. The highest BCUT2D eigenvalue weighted by Crippen LogP contribution is 2.46. The van der Waals surface area contributed by atoms with Crippen LogP contribution in [0.4, 0.5) is 5.69 Å². The second kappa shape index (κ2) is 9.40. The third kappa shape index (κ3) is 4.39. The van der Waals surface area contributed by atoms with E-state index in [-0.39, 0.29) is 23.2 Å². The van der Waals surface area contributed by atoms with E-state index in [9.17, 15) is 14.7 Å². The number of carbonyl (C=O) groups is 2. The number of aromatic carboxylic acids is 1. The number of ether oxygens (including phenoxy) is 1. The minimum Gasteiger partial charge on any atom is -0.478 e. The monoisotopic (exact) mass is 483 g/mol. The Labute approximate surface area is 211 Å². The molecule has 1 aliphatic heterocycles. The smallest absolute Gasteiger partial charge is 0.336 e. The van der Waals surface area contributed by atoms with Gasteiger partial charge >= 0.3 is 5.97 Å². The Hall–Kier alpha value is -4.28. The molecule has 1 heterocycles. The molecule has 0 saturated carbocycles. The third-order valence-electron chi connectivity index (χ3n) is 6.61. The fourth-order valence-electron chi connectivity index (χ4n) is 4.24. The van der Waals surface area contributed by atoms with Gasteiger partial charge in [-0.1, -0.05) is 24.1 Å². The van der Waals surface area contributed by atoms with Crippen molar-refractivity contribution in [2.45, 2.75) is 12.5 Å². The molecular weight excluding hydrogens is 454 g/mol. The molecule has 0 aromatic heterocycles. The van der Waals surface area contributed by atoms with Crippen LogP contribution in [-0.2, 0) is 0 Å². The zero-order valence-electron chi connectivity index (χ0n) is 21.0. The van der Waals surface area contributed by atoms with E-state index in [0.29, 0.717) is 17.1 Å². The lowest BCUT2D eigenvalue weighted by atomic mass is 9.82. The van der Waals surface area contributed by atoms with Crippen molar-refractivity contribution in [1.29, 1.82) is 0 Å². The van der Waals surface area contributed by atoms with Crippen LogP contribution >= 0.6 is 0 Å². The Bertz CT molecular complexity index is 1390. The lowest BCUT2D eigenvalue weighted by Gasteiger charge is -2.36. The largest absolute Gasteiger partial charge is 0.478 e. The van der Waals surface area contributed by atoms with E-state index < -0.39 is 11.9 Å². The van der Waals surface area contributed by atoms with Crippen molar-refractivity contribution in [3.8, 4) is 18.1 Å². The first-order valence-corrected chi connectivity index (χ1v) is 11.5. The van der Waals surface area contributed by atoms with Crippen molar-refractivity contribution >= 4 is 23.1 Å². The quantitative estimate of drug-likeness (QED) is 0.609. The van der Waals surface area contributed by atoms with E-state index in [1.54, 1.807) is 12.1 Å². The maximum absolute atomic E-state index is 12.5. The van der Waals surface area contributed by atoms with Gasteiger partial charge in [-0.2, -0.15) is 0 Å². The van der Waals surface area contributed by atoms with E-state index in [1.165, 1.54) is 6.07 Å². The standard InChI is InChI=1S/C29H29N3O4/c1-7-14-30-27(33)18-8-10-20(23(15-18)28(34)35)26-21-11-9-19(31(3)4)16-24(21)36-25-17-29(2,32(5)6)13-12-22(25)26/h1,8-13,15-17H,14H2,2-6H3,(H,30,33)(H,34,35). The molecule has 1 amide bonds. The number of carboxylic acid groups (broad SMARTS) is 1. The highest BCUT2D eigenvalue weighted by Gasteiger charge is 2.34. The summed E-state index contributed by atoms with van der Waals surface area (Å²) in [6.45, 7) is 2.13. The van der Waals surface area contributed by atoms with Gasteiger partial charge in [0.05, 0.1) is 17.6 Å². The second-order valence-corrected chi connectivity index (χ2v) is 9.38. The molecule has 4 rings (SSSR count). The van der Waals surface area contributed by atoms with Gasteiger partial charge < -0.3 is 20.1 Å². The molecule has 1 unspecified atom stereocenters. The summed E-state index contributed by atoms with van der Waals surface area (Å²) < 4.78 is 6.40. The molecule has 2 aromatic carbocycles. The topological polar surface area (TPSA) is 82.1 Å². The minimum absolute atomic E-state index is 0.0177. The van der Waals surface area contributed by atoms with Gasteiger partial charge in [-0.05, 0) is 56.9 Å². The Morgan fingerprint density at radius 1 is 1.11 bits per heavy atom. The molecular formula is C29H29N3O4. The van der Waals surface area contributed by atoms with Gasteiger partial charge in [0.15, 0.2) is 0 Å². The van der Waals surface area contributed by atoms with Gasteiger partial charge in [0.1, 0.15) is 11.5 Å². The summed E-state index contributed by atoms with van der Waals surface area (Å²) in [5.41, 5.74) is 3.61. The van der Waals surface area contributed by atoms with Crippen LogP contribution in [0.3, 0.4) is 0 Å². The number of rotatable bonds is 6. The summed E-state index contributed by atoms with van der Waals surface area (Å²) in [5.74, 6) is 2.07. The number of nitrogens with zero attached hydrogens (tertiary/aromatic N) is 2. The van der Waals surface area contributed by atoms with E-state index in [2.05, 4.69) is 29.1 Å². The first kappa shape index (κ1) is 24.8. The van der Waals surface area contributed by atoms with Crippen LogP contribution in [0.2, 0.25) is 0 Å². The van der Waals surface area contributed by atoms with Gasteiger partial charge in [-0.15, -0.1) is 6.42 Å². The van der Waals surface area contributed by atoms with Crippen molar-refractivity contribution in [2.75, 3.05) is 39.6 Å². The average molecular weight is 484 g/mol. The van der Waals surface area contributed by atoms with Crippen LogP contribution in [0.15, 0.2) is 66.0 Å². The molecule has 0 bridgehead atoms. The first-order valence-electron chi connectivity index (χ1n) is 11.5.